The maximum Gasteiger partial charge on any atom is 0.241 e. The molecule has 0 aliphatic heterocycles. The van der Waals surface area contributed by atoms with Gasteiger partial charge in [-0.3, -0.25) is 4.79 Å². The van der Waals surface area contributed by atoms with Crippen LogP contribution in [0.2, 0.25) is 5.02 Å². The molecule has 1 aromatic rings. The van der Waals surface area contributed by atoms with Crippen molar-refractivity contribution in [2.24, 2.45) is 5.73 Å². The van der Waals surface area contributed by atoms with Crippen molar-refractivity contribution in [3.63, 3.8) is 0 Å². The standard InChI is InChI=1S/C10H13ClN2O/c1-6-3-4-9(8(11)5-6)13-10(14)7(2)12/h3-5,7H,12H2,1-2H3,(H,13,14)/t7-/m1/s1. The number of nitrogens with one attached hydrogen (secondary N) is 1. The molecule has 14 heavy (non-hydrogen) atoms. The number of anilines is 1. The van der Waals surface area contributed by atoms with Gasteiger partial charge in [-0.1, -0.05) is 17.7 Å². The zero-order valence-electron chi connectivity index (χ0n) is 8.17. The summed E-state index contributed by atoms with van der Waals surface area (Å²) in [6, 6.07) is 4.89. The van der Waals surface area contributed by atoms with E-state index in [-0.39, 0.29) is 5.91 Å². The molecular formula is C10H13ClN2O. The predicted molar refractivity (Wildman–Crippen MR) is 58.5 cm³/mol. The van der Waals surface area contributed by atoms with Gasteiger partial charge in [-0.25, -0.2) is 0 Å². The van der Waals surface area contributed by atoms with Gasteiger partial charge in [0, 0.05) is 0 Å². The van der Waals surface area contributed by atoms with Gasteiger partial charge in [0.05, 0.1) is 16.8 Å². The van der Waals surface area contributed by atoms with Gasteiger partial charge in [0.25, 0.3) is 0 Å². The van der Waals surface area contributed by atoms with Crippen molar-refractivity contribution in [2.45, 2.75) is 19.9 Å². The fraction of sp³-hybridized carbons (Fsp3) is 0.300. The van der Waals surface area contributed by atoms with Gasteiger partial charge in [-0.15, -0.1) is 0 Å². The van der Waals surface area contributed by atoms with Crippen molar-refractivity contribution in [2.75, 3.05) is 5.32 Å². The normalized spacial score (nSPS) is 12.3. The van der Waals surface area contributed by atoms with Crippen LogP contribution >= 0.6 is 11.6 Å². The molecule has 0 unspecified atom stereocenters. The third kappa shape index (κ3) is 2.72. The maximum atomic E-state index is 11.3. The van der Waals surface area contributed by atoms with Gasteiger partial charge in [0.2, 0.25) is 5.91 Å². The molecule has 0 fully saturated rings. The molecule has 0 aliphatic rings. The van der Waals surface area contributed by atoms with Crippen LogP contribution in [-0.4, -0.2) is 11.9 Å². The van der Waals surface area contributed by atoms with Crippen molar-refractivity contribution in [3.05, 3.63) is 28.8 Å². The summed E-state index contributed by atoms with van der Waals surface area (Å²) in [6.45, 7) is 3.56. The summed E-state index contributed by atoms with van der Waals surface area (Å²) in [5.74, 6) is -0.240. The van der Waals surface area contributed by atoms with Crippen LogP contribution in [0.1, 0.15) is 12.5 Å². The van der Waals surface area contributed by atoms with E-state index in [2.05, 4.69) is 5.32 Å². The number of carbonyl (C=O) groups is 1. The lowest BCUT2D eigenvalue weighted by Crippen LogP contribution is -2.32. The van der Waals surface area contributed by atoms with Crippen molar-refractivity contribution >= 4 is 23.2 Å². The molecule has 4 heteroatoms. The van der Waals surface area contributed by atoms with Gasteiger partial charge >= 0.3 is 0 Å². The molecule has 0 aliphatic carbocycles. The molecule has 0 saturated heterocycles. The first-order valence-corrected chi connectivity index (χ1v) is 4.71. The van der Waals surface area contributed by atoms with E-state index in [0.29, 0.717) is 10.7 Å². The number of halogens is 1. The van der Waals surface area contributed by atoms with Gasteiger partial charge in [-0.2, -0.15) is 0 Å². The highest BCUT2D eigenvalue weighted by Gasteiger charge is 2.09. The van der Waals surface area contributed by atoms with E-state index in [1.54, 1.807) is 19.1 Å². The highest BCUT2D eigenvalue weighted by Crippen LogP contribution is 2.22. The van der Waals surface area contributed by atoms with E-state index in [4.69, 9.17) is 17.3 Å². The minimum atomic E-state index is -0.535. The van der Waals surface area contributed by atoms with Crippen molar-refractivity contribution in [3.8, 4) is 0 Å². The second-order valence-electron chi connectivity index (χ2n) is 3.26. The molecule has 1 aromatic carbocycles. The number of benzene rings is 1. The molecule has 0 bridgehead atoms. The smallest absolute Gasteiger partial charge is 0.241 e. The minimum absolute atomic E-state index is 0.240. The van der Waals surface area contributed by atoms with Gasteiger partial charge in [0.15, 0.2) is 0 Å². The van der Waals surface area contributed by atoms with E-state index in [9.17, 15) is 4.79 Å². The van der Waals surface area contributed by atoms with E-state index >= 15 is 0 Å². The quantitative estimate of drug-likeness (QED) is 0.787. The van der Waals surface area contributed by atoms with Crippen LogP contribution in [0.5, 0.6) is 0 Å². The van der Waals surface area contributed by atoms with E-state index < -0.39 is 6.04 Å². The number of nitrogens with two attached hydrogens (primary N) is 1. The summed E-state index contributed by atoms with van der Waals surface area (Å²) in [7, 11) is 0. The Morgan fingerprint density at radius 2 is 2.21 bits per heavy atom. The monoisotopic (exact) mass is 212 g/mol. The predicted octanol–water partition coefficient (Wildman–Crippen LogP) is 1.93. The Morgan fingerprint density at radius 3 is 2.71 bits per heavy atom. The molecule has 1 rings (SSSR count). The number of aryl methyl sites for hydroxylation is 1. The fourth-order valence-electron chi connectivity index (χ4n) is 0.968. The third-order valence-electron chi connectivity index (χ3n) is 1.80. The largest absolute Gasteiger partial charge is 0.323 e. The van der Waals surface area contributed by atoms with Crippen LogP contribution in [0.15, 0.2) is 18.2 Å². The third-order valence-corrected chi connectivity index (χ3v) is 2.11. The summed E-state index contributed by atoms with van der Waals surface area (Å²) < 4.78 is 0. The fourth-order valence-corrected chi connectivity index (χ4v) is 1.25. The number of hydrogen-bond donors (Lipinski definition) is 2. The Bertz CT molecular complexity index is 350. The first kappa shape index (κ1) is 11.0. The lowest BCUT2D eigenvalue weighted by Gasteiger charge is -2.09. The zero-order valence-corrected chi connectivity index (χ0v) is 8.93. The Labute approximate surface area is 88.2 Å². The Hall–Kier alpha value is -1.06. The van der Waals surface area contributed by atoms with Crippen LogP contribution in [0.4, 0.5) is 5.69 Å². The SMILES string of the molecule is Cc1ccc(NC(=O)[C@@H](C)N)c(Cl)c1. The van der Waals surface area contributed by atoms with Gasteiger partial charge in [0.1, 0.15) is 0 Å². The average molecular weight is 213 g/mol. The molecule has 1 atom stereocenters. The Balaban J connectivity index is 2.82. The van der Waals surface area contributed by atoms with Crippen LogP contribution < -0.4 is 11.1 Å². The summed E-state index contributed by atoms with van der Waals surface area (Å²) in [5.41, 5.74) is 7.06. The van der Waals surface area contributed by atoms with Gasteiger partial charge < -0.3 is 11.1 Å². The molecule has 1 amide bonds. The number of amides is 1. The topological polar surface area (TPSA) is 55.1 Å². The van der Waals surface area contributed by atoms with Crippen molar-refractivity contribution in [1.29, 1.82) is 0 Å². The lowest BCUT2D eigenvalue weighted by atomic mass is 10.2. The molecule has 76 valence electrons. The second-order valence-corrected chi connectivity index (χ2v) is 3.67. The average Bonchev–Trinajstić information content (AvgIpc) is 2.09. The van der Waals surface area contributed by atoms with Crippen molar-refractivity contribution in [1.82, 2.24) is 0 Å². The van der Waals surface area contributed by atoms with E-state index in [1.165, 1.54) is 0 Å². The van der Waals surface area contributed by atoms with Crippen LogP contribution in [-0.2, 0) is 4.79 Å². The summed E-state index contributed by atoms with van der Waals surface area (Å²) in [4.78, 5) is 11.3. The molecule has 3 N–H and O–H groups in total. The van der Waals surface area contributed by atoms with Crippen LogP contribution in [0.3, 0.4) is 0 Å². The zero-order chi connectivity index (χ0) is 10.7. The molecule has 0 aromatic heterocycles. The number of hydrogen-bond acceptors (Lipinski definition) is 2. The molecule has 3 nitrogen and oxygen atoms in total. The highest BCUT2D eigenvalue weighted by atomic mass is 35.5. The lowest BCUT2D eigenvalue weighted by molar-refractivity contribution is -0.117. The van der Waals surface area contributed by atoms with Crippen LogP contribution in [0.25, 0.3) is 0 Å². The van der Waals surface area contributed by atoms with E-state index in [0.717, 1.165) is 5.56 Å². The summed E-state index contributed by atoms with van der Waals surface area (Å²) in [5, 5.41) is 3.17. The van der Waals surface area contributed by atoms with Crippen LogP contribution in [0, 0.1) is 6.92 Å². The second kappa shape index (κ2) is 4.44. The molecule has 0 radical (unpaired) electrons. The summed E-state index contributed by atoms with van der Waals surface area (Å²) in [6.07, 6.45) is 0. The highest BCUT2D eigenvalue weighted by molar-refractivity contribution is 6.33. The van der Waals surface area contributed by atoms with Crippen molar-refractivity contribution < 1.29 is 4.79 Å². The Kier molecular flexibility index (Phi) is 3.49. The maximum absolute atomic E-state index is 11.3. The molecular weight excluding hydrogens is 200 g/mol. The molecule has 0 heterocycles. The van der Waals surface area contributed by atoms with E-state index in [1.807, 2.05) is 13.0 Å². The number of rotatable bonds is 2. The molecule has 0 spiro atoms. The summed E-state index contributed by atoms with van der Waals surface area (Å²) >= 11 is 5.92. The molecule has 0 saturated carbocycles. The Morgan fingerprint density at radius 1 is 1.57 bits per heavy atom. The van der Waals surface area contributed by atoms with Gasteiger partial charge in [-0.05, 0) is 31.5 Å². The first-order chi connectivity index (χ1) is 6.50. The number of carbonyl (C=O) groups excluding carboxylic acids is 1. The first-order valence-electron chi connectivity index (χ1n) is 4.33. The minimum Gasteiger partial charge on any atom is -0.323 e.